The molecule has 1 amide bonds. The number of benzene rings is 1. The minimum absolute atomic E-state index is 0.232. The molecule has 0 unspecified atom stereocenters. The normalized spacial score (nSPS) is 10.3. The SMILES string of the molecule is Cc1cc(C(=O)Nc2ccc(OCCN)cc2)nn1C. The molecule has 2 rings (SSSR count). The molecule has 20 heavy (non-hydrogen) atoms. The fraction of sp³-hybridized carbons (Fsp3) is 0.286. The lowest BCUT2D eigenvalue weighted by Gasteiger charge is -2.06. The van der Waals surface area contributed by atoms with Crippen molar-refractivity contribution in [3.05, 3.63) is 41.7 Å². The number of carbonyl (C=O) groups is 1. The number of anilines is 1. The third-order valence-electron chi connectivity index (χ3n) is 2.85. The summed E-state index contributed by atoms with van der Waals surface area (Å²) < 4.78 is 7.03. The van der Waals surface area contributed by atoms with Crippen LogP contribution in [0.25, 0.3) is 0 Å². The van der Waals surface area contributed by atoms with Gasteiger partial charge in [0.1, 0.15) is 12.4 Å². The summed E-state index contributed by atoms with van der Waals surface area (Å²) in [5.74, 6) is 0.492. The minimum Gasteiger partial charge on any atom is -0.492 e. The molecule has 0 aliphatic carbocycles. The molecule has 1 heterocycles. The third kappa shape index (κ3) is 3.36. The van der Waals surface area contributed by atoms with E-state index in [1.54, 1.807) is 42.1 Å². The van der Waals surface area contributed by atoms with Crippen molar-refractivity contribution in [2.45, 2.75) is 6.92 Å². The standard InChI is InChI=1S/C14H18N4O2/c1-10-9-13(17-18(10)2)14(19)16-11-3-5-12(6-4-11)20-8-7-15/h3-6,9H,7-8,15H2,1-2H3,(H,16,19). The van der Waals surface area contributed by atoms with Crippen LogP contribution in [0.2, 0.25) is 0 Å². The number of carbonyl (C=O) groups excluding carboxylic acids is 1. The molecule has 106 valence electrons. The summed E-state index contributed by atoms with van der Waals surface area (Å²) in [7, 11) is 1.80. The van der Waals surface area contributed by atoms with E-state index in [-0.39, 0.29) is 5.91 Å². The number of nitrogens with zero attached hydrogens (tertiary/aromatic N) is 2. The Morgan fingerprint density at radius 3 is 2.65 bits per heavy atom. The van der Waals surface area contributed by atoms with Gasteiger partial charge in [-0.25, -0.2) is 0 Å². The molecule has 3 N–H and O–H groups in total. The zero-order valence-corrected chi connectivity index (χ0v) is 11.6. The second kappa shape index (κ2) is 6.21. The lowest BCUT2D eigenvalue weighted by molar-refractivity contribution is 0.102. The molecular formula is C14H18N4O2. The van der Waals surface area contributed by atoms with E-state index >= 15 is 0 Å². The van der Waals surface area contributed by atoms with E-state index in [1.165, 1.54) is 0 Å². The highest BCUT2D eigenvalue weighted by atomic mass is 16.5. The molecule has 6 nitrogen and oxygen atoms in total. The van der Waals surface area contributed by atoms with Gasteiger partial charge in [0.15, 0.2) is 5.69 Å². The first-order valence-corrected chi connectivity index (χ1v) is 6.35. The quantitative estimate of drug-likeness (QED) is 0.861. The Morgan fingerprint density at radius 1 is 1.40 bits per heavy atom. The number of hydrogen-bond donors (Lipinski definition) is 2. The van der Waals surface area contributed by atoms with Crippen molar-refractivity contribution in [3.8, 4) is 5.75 Å². The number of nitrogens with two attached hydrogens (primary N) is 1. The van der Waals surface area contributed by atoms with Gasteiger partial charge < -0.3 is 15.8 Å². The van der Waals surface area contributed by atoms with E-state index < -0.39 is 0 Å². The molecule has 0 saturated heterocycles. The first kappa shape index (κ1) is 14.1. The molecule has 0 saturated carbocycles. The van der Waals surface area contributed by atoms with Crippen molar-refractivity contribution in [2.24, 2.45) is 12.8 Å². The lowest BCUT2D eigenvalue weighted by atomic mass is 10.3. The summed E-state index contributed by atoms with van der Waals surface area (Å²) >= 11 is 0. The van der Waals surface area contributed by atoms with E-state index in [0.717, 1.165) is 11.4 Å². The average Bonchev–Trinajstić information content (AvgIpc) is 2.78. The van der Waals surface area contributed by atoms with Crippen molar-refractivity contribution < 1.29 is 9.53 Å². The van der Waals surface area contributed by atoms with Gasteiger partial charge in [-0.15, -0.1) is 0 Å². The van der Waals surface area contributed by atoms with Crippen molar-refractivity contribution in [1.82, 2.24) is 9.78 Å². The number of hydrogen-bond acceptors (Lipinski definition) is 4. The Morgan fingerprint density at radius 2 is 2.10 bits per heavy atom. The molecular weight excluding hydrogens is 256 g/mol. The van der Waals surface area contributed by atoms with Crippen LogP contribution in [0.3, 0.4) is 0 Å². The van der Waals surface area contributed by atoms with Gasteiger partial charge in [-0.1, -0.05) is 0 Å². The van der Waals surface area contributed by atoms with Crippen molar-refractivity contribution >= 4 is 11.6 Å². The number of nitrogens with one attached hydrogen (secondary N) is 1. The largest absolute Gasteiger partial charge is 0.492 e. The second-order valence-electron chi connectivity index (χ2n) is 4.41. The minimum atomic E-state index is -0.232. The smallest absolute Gasteiger partial charge is 0.276 e. The molecule has 1 aromatic carbocycles. The van der Waals surface area contributed by atoms with E-state index in [4.69, 9.17) is 10.5 Å². The Hall–Kier alpha value is -2.34. The highest BCUT2D eigenvalue weighted by Crippen LogP contribution is 2.16. The van der Waals surface area contributed by atoms with Gasteiger partial charge in [0.05, 0.1) is 0 Å². The van der Waals surface area contributed by atoms with E-state index in [9.17, 15) is 4.79 Å². The van der Waals surface area contributed by atoms with Crippen LogP contribution < -0.4 is 15.8 Å². The van der Waals surface area contributed by atoms with E-state index in [1.807, 2.05) is 6.92 Å². The molecule has 0 aliphatic rings. The molecule has 0 fully saturated rings. The van der Waals surface area contributed by atoms with Crippen molar-refractivity contribution in [2.75, 3.05) is 18.5 Å². The summed E-state index contributed by atoms with van der Waals surface area (Å²) in [6.07, 6.45) is 0. The van der Waals surface area contributed by atoms with E-state index in [0.29, 0.717) is 24.5 Å². The average molecular weight is 274 g/mol. The van der Waals surface area contributed by atoms with Crippen LogP contribution in [0.4, 0.5) is 5.69 Å². The molecule has 0 spiro atoms. The number of aryl methyl sites for hydroxylation is 2. The topological polar surface area (TPSA) is 82.2 Å². The fourth-order valence-corrected chi connectivity index (χ4v) is 1.68. The molecule has 6 heteroatoms. The van der Waals surface area contributed by atoms with Crippen LogP contribution in [-0.4, -0.2) is 28.8 Å². The molecule has 1 aromatic heterocycles. The number of aromatic nitrogens is 2. The van der Waals surface area contributed by atoms with Crippen LogP contribution in [0.1, 0.15) is 16.2 Å². The van der Waals surface area contributed by atoms with Gasteiger partial charge in [0.25, 0.3) is 5.91 Å². The third-order valence-corrected chi connectivity index (χ3v) is 2.85. The first-order chi connectivity index (χ1) is 9.60. The summed E-state index contributed by atoms with van der Waals surface area (Å²) in [6.45, 7) is 2.84. The maximum atomic E-state index is 12.0. The van der Waals surface area contributed by atoms with Gasteiger partial charge in [-0.3, -0.25) is 9.48 Å². The van der Waals surface area contributed by atoms with Crippen LogP contribution in [0.5, 0.6) is 5.75 Å². The summed E-state index contributed by atoms with van der Waals surface area (Å²) in [5.41, 5.74) is 7.38. The molecule has 0 bridgehead atoms. The van der Waals surface area contributed by atoms with Crippen LogP contribution in [-0.2, 0) is 7.05 Å². The Labute approximate surface area is 117 Å². The summed E-state index contributed by atoms with van der Waals surface area (Å²) in [4.78, 5) is 12.0. The second-order valence-corrected chi connectivity index (χ2v) is 4.41. The molecule has 0 atom stereocenters. The lowest BCUT2D eigenvalue weighted by Crippen LogP contribution is -2.13. The van der Waals surface area contributed by atoms with Gasteiger partial charge in [0, 0.05) is 25.0 Å². The van der Waals surface area contributed by atoms with Crippen LogP contribution in [0, 0.1) is 6.92 Å². The maximum Gasteiger partial charge on any atom is 0.276 e. The van der Waals surface area contributed by atoms with Gasteiger partial charge in [-0.2, -0.15) is 5.10 Å². The molecule has 0 aliphatic heterocycles. The van der Waals surface area contributed by atoms with Crippen LogP contribution in [0.15, 0.2) is 30.3 Å². The summed E-state index contributed by atoms with van der Waals surface area (Å²) in [6, 6.07) is 8.87. The predicted octanol–water partition coefficient (Wildman–Crippen LogP) is 1.32. The molecule has 2 aromatic rings. The number of ether oxygens (including phenoxy) is 1. The first-order valence-electron chi connectivity index (χ1n) is 6.35. The Balaban J connectivity index is 2.00. The van der Waals surface area contributed by atoms with Crippen molar-refractivity contribution in [3.63, 3.8) is 0 Å². The maximum absolute atomic E-state index is 12.0. The number of rotatable bonds is 5. The monoisotopic (exact) mass is 274 g/mol. The predicted molar refractivity (Wildman–Crippen MR) is 76.9 cm³/mol. The molecule has 0 radical (unpaired) electrons. The van der Waals surface area contributed by atoms with Crippen molar-refractivity contribution in [1.29, 1.82) is 0 Å². The Bertz CT molecular complexity index is 570. The number of amides is 1. The van der Waals surface area contributed by atoms with Gasteiger partial charge in [-0.05, 0) is 37.3 Å². The fourth-order valence-electron chi connectivity index (χ4n) is 1.68. The van der Waals surface area contributed by atoms with Crippen LogP contribution >= 0.6 is 0 Å². The van der Waals surface area contributed by atoms with E-state index in [2.05, 4.69) is 10.4 Å². The highest BCUT2D eigenvalue weighted by Gasteiger charge is 2.11. The highest BCUT2D eigenvalue weighted by molar-refractivity contribution is 6.02. The van der Waals surface area contributed by atoms with Gasteiger partial charge >= 0.3 is 0 Å². The van der Waals surface area contributed by atoms with Gasteiger partial charge in [0.2, 0.25) is 0 Å². The zero-order chi connectivity index (χ0) is 14.5. The summed E-state index contributed by atoms with van der Waals surface area (Å²) in [5, 5.41) is 6.92. The zero-order valence-electron chi connectivity index (χ0n) is 11.6. The Kier molecular flexibility index (Phi) is 4.37.